The third-order valence-corrected chi connectivity index (χ3v) is 2.81. The maximum Gasteiger partial charge on any atom is 0.161 e. The summed E-state index contributed by atoms with van der Waals surface area (Å²) in [6.07, 6.45) is -0.552. The Kier molecular flexibility index (Phi) is 3.07. The van der Waals surface area contributed by atoms with Crippen LogP contribution in [0.2, 0.25) is 0 Å². The highest BCUT2D eigenvalue weighted by Gasteiger charge is 2.17. The van der Waals surface area contributed by atoms with Crippen LogP contribution in [0.1, 0.15) is 17.2 Å². The number of aryl methyl sites for hydroxylation is 1. The molecule has 0 saturated carbocycles. The Morgan fingerprint density at radius 2 is 1.93 bits per heavy atom. The third-order valence-electron chi connectivity index (χ3n) is 2.46. The number of aliphatic hydroxyl groups excluding tert-OH is 1. The molecule has 0 radical (unpaired) electrons. The molecule has 15 heavy (non-hydrogen) atoms. The molecule has 4 heteroatoms. The third kappa shape index (κ3) is 2.06. The van der Waals surface area contributed by atoms with Gasteiger partial charge >= 0.3 is 0 Å². The van der Waals surface area contributed by atoms with Crippen LogP contribution in [0.5, 0.6) is 11.5 Å². The van der Waals surface area contributed by atoms with Crippen molar-refractivity contribution in [2.75, 3.05) is 19.0 Å². The Morgan fingerprint density at radius 3 is 2.53 bits per heavy atom. The van der Waals surface area contributed by atoms with Crippen LogP contribution < -0.4 is 9.47 Å². The predicted octanol–water partition coefficient (Wildman–Crippen LogP) is 1.73. The molecule has 0 amide bonds. The van der Waals surface area contributed by atoms with E-state index >= 15 is 0 Å². The van der Waals surface area contributed by atoms with Gasteiger partial charge in [-0.25, -0.2) is 0 Å². The summed E-state index contributed by atoms with van der Waals surface area (Å²) >= 11 is 4.08. The molecule has 0 aliphatic carbocycles. The van der Waals surface area contributed by atoms with Crippen molar-refractivity contribution in [1.29, 1.82) is 0 Å². The van der Waals surface area contributed by atoms with Crippen LogP contribution in [0.25, 0.3) is 0 Å². The largest absolute Gasteiger partial charge is 0.486 e. The van der Waals surface area contributed by atoms with Crippen molar-refractivity contribution in [3.8, 4) is 11.5 Å². The van der Waals surface area contributed by atoms with Gasteiger partial charge in [0.25, 0.3) is 0 Å². The second-order valence-electron chi connectivity index (χ2n) is 3.55. The topological polar surface area (TPSA) is 38.7 Å². The number of aliphatic hydroxyl groups is 1. The maximum absolute atomic E-state index is 9.74. The average molecular weight is 226 g/mol. The molecule has 0 bridgehead atoms. The first-order valence-electron chi connectivity index (χ1n) is 4.91. The van der Waals surface area contributed by atoms with Crippen LogP contribution >= 0.6 is 12.6 Å². The van der Waals surface area contributed by atoms with E-state index in [4.69, 9.17) is 9.47 Å². The molecular weight excluding hydrogens is 212 g/mol. The van der Waals surface area contributed by atoms with Crippen molar-refractivity contribution in [3.05, 3.63) is 23.3 Å². The van der Waals surface area contributed by atoms with Crippen LogP contribution in [0.4, 0.5) is 0 Å². The van der Waals surface area contributed by atoms with Crippen molar-refractivity contribution in [3.63, 3.8) is 0 Å². The fourth-order valence-electron chi connectivity index (χ4n) is 1.66. The predicted molar refractivity (Wildman–Crippen MR) is 61.0 cm³/mol. The van der Waals surface area contributed by atoms with Gasteiger partial charge in [0.05, 0.1) is 6.10 Å². The molecule has 0 saturated heterocycles. The molecule has 1 aromatic rings. The molecule has 0 aromatic heterocycles. The number of fused-ring (bicyclic) bond motifs is 1. The number of thiol groups is 1. The van der Waals surface area contributed by atoms with Crippen LogP contribution in [0, 0.1) is 6.92 Å². The molecule has 1 aromatic carbocycles. The van der Waals surface area contributed by atoms with E-state index in [1.807, 2.05) is 19.1 Å². The molecule has 1 heterocycles. The zero-order valence-corrected chi connectivity index (χ0v) is 9.46. The summed E-state index contributed by atoms with van der Waals surface area (Å²) in [6.45, 7) is 3.09. The minimum absolute atomic E-state index is 0.403. The normalized spacial score (nSPS) is 16.2. The van der Waals surface area contributed by atoms with Crippen molar-refractivity contribution in [2.24, 2.45) is 0 Å². The number of hydrogen-bond donors (Lipinski definition) is 2. The van der Waals surface area contributed by atoms with Gasteiger partial charge < -0.3 is 14.6 Å². The Hall–Kier alpha value is -0.870. The van der Waals surface area contributed by atoms with Gasteiger partial charge in [0.2, 0.25) is 0 Å². The van der Waals surface area contributed by atoms with E-state index in [1.165, 1.54) is 0 Å². The SMILES string of the molecule is Cc1cc2c(cc1C(O)CS)OCCO2. The van der Waals surface area contributed by atoms with E-state index in [0.717, 1.165) is 16.9 Å². The smallest absolute Gasteiger partial charge is 0.161 e. The summed E-state index contributed by atoms with van der Waals surface area (Å²) in [5.74, 6) is 1.87. The van der Waals surface area contributed by atoms with Crippen molar-refractivity contribution < 1.29 is 14.6 Å². The Bertz CT molecular complexity index is 365. The van der Waals surface area contributed by atoms with Crippen molar-refractivity contribution in [2.45, 2.75) is 13.0 Å². The van der Waals surface area contributed by atoms with E-state index < -0.39 is 6.10 Å². The van der Waals surface area contributed by atoms with Gasteiger partial charge in [-0.2, -0.15) is 12.6 Å². The average Bonchev–Trinajstić information content (AvgIpc) is 2.27. The lowest BCUT2D eigenvalue weighted by Crippen LogP contribution is -2.16. The molecule has 1 aliphatic rings. The van der Waals surface area contributed by atoms with Crippen molar-refractivity contribution >= 4 is 12.6 Å². The van der Waals surface area contributed by atoms with Crippen LogP contribution in [0.15, 0.2) is 12.1 Å². The molecule has 0 spiro atoms. The van der Waals surface area contributed by atoms with E-state index in [0.29, 0.717) is 24.7 Å². The molecule has 1 N–H and O–H groups in total. The van der Waals surface area contributed by atoms with Gasteiger partial charge in [0.1, 0.15) is 13.2 Å². The number of rotatable bonds is 2. The number of benzene rings is 1. The van der Waals surface area contributed by atoms with E-state index in [9.17, 15) is 5.11 Å². The molecule has 3 nitrogen and oxygen atoms in total. The molecule has 82 valence electrons. The standard InChI is InChI=1S/C11H14O3S/c1-7-4-10-11(14-3-2-13-10)5-8(7)9(12)6-15/h4-5,9,12,15H,2-3,6H2,1H3. The fourth-order valence-corrected chi connectivity index (χ4v) is 1.86. The molecule has 1 atom stereocenters. The van der Waals surface area contributed by atoms with Crippen LogP contribution in [-0.4, -0.2) is 24.1 Å². The van der Waals surface area contributed by atoms with E-state index in [1.54, 1.807) is 0 Å². The highest BCUT2D eigenvalue weighted by atomic mass is 32.1. The number of ether oxygens (including phenoxy) is 2. The monoisotopic (exact) mass is 226 g/mol. The second kappa shape index (κ2) is 4.33. The Morgan fingerprint density at radius 1 is 1.33 bits per heavy atom. The Labute approximate surface area is 94.4 Å². The van der Waals surface area contributed by atoms with Gasteiger partial charge in [0.15, 0.2) is 11.5 Å². The number of hydrogen-bond acceptors (Lipinski definition) is 4. The Balaban J connectivity index is 2.40. The van der Waals surface area contributed by atoms with E-state index in [2.05, 4.69) is 12.6 Å². The second-order valence-corrected chi connectivity index (χ2v) is 3.92. The summed E-state index contributed by atoms with van der Waals surface area (Å²) in [7, 11) is 0. The van der Waals surface area contributed by atoms with Crippen LogP contribution in [0.3, 0.4) is 0 Å². The molecule has 1 aliphatic heterocycles. The first kappa shape index (κ1) is 10.6. The lowest BCUT2D eigenvalue weighted by atomic mass is 10.0. The summed E-state index contributed by atoms with van der Waals surface area (Å²) in [5, 5.41) is 9.74. The lowest BCUT2D eigenvalue weighted by Gasteiger charge is -2.21. The molecule has 2 rings (SSSR count). The van der Waals surface area contributed by atoms with Crippen molar-refractivity contribution in [1.82, 2.24) is 0 Å². The zero-order valence-electron chi connectivity index (χ0n) is 8.56. The first-order valence-corrected chi connectivity index (χ1v) is 5.54. The highest BCUT2D eigenvalue weighted by molar-refractivity contribution is 7.80. The lowest BCUT2D eigenvalue weighted by molar-refractivity contribution is 0.168. The van der Waals surface area contributed by atoms with Gasteiger partial charge in [-0.05, 0) is 30.2 Å². The maximum atomic E-state index is 9.74. The first-order chi connectivity index (χ1) is 7.22. The summed E-state index contributed by atoms with van der Waals surface area (Å²) in [4.78, 5) is 0. The minimum Gasteiger partial charge on any atom is -0.486 e. The van der Waals surface area contributed by atoms with Gasteiger partial charge in [-0.3, -0.25) is 0 Å². The summed E-state index contributed by atoms with van der Waals surface area (Å²) < 4.78 is 10.9. The fraction of sp³-hybridized carbons (Fsp3) is 0.455. The zero-order chi connectivity index (χ0) is 10.8. The highest BCUT2D eigenvalue weighted by Crippen LogP contribution is 2.35. The summed E-state index contributed by atoms with van der Waals surface area (Å²) in [6, 6.07) is 3.74. The quantitative estimate of drug-likeness (QED) is 0.754. The van der Waals surface area contributed by atoms with Gasteiger partial charge in [0, 0.05) is 5.75 Å². The van der Waals surface area contributed by atoms with Gasteiger partial charge in [-0.1, -0.05) is 0 Å². The minimum atomic E-state index is -0.552. The van der Waals surface area contributed by atoms with Gasteiger partial charge in [-0.15, -0.1) is 0 Å². The van der Waals surface area contributed by atoms with E-state index in [-0.39, 0.29) is 0 Å². The molecular formula is C11H14O3S. The molecule has 0 fully saturated rings. The van der Waals surface area contributed by atoms with Crippen LogP contribution in [-0.2, 0) is 0 Å². The summed E-state index contributed by atoms with van der Waals surface area (Å²) in [5.41, 5.74) is 1.86. The molecule has 1 unspecified atom stereocenters.